The van der Waals surface area contributed by atoms with Crippen molar-refractivity contribution in [2.75, 3.05) is 0 Å². The molecule has 120 valence electrons. The molecule has 5 nitrogen and oxygen atoms in total. The zero-order chi connectivity index (χ0) is 16.8. The maximum Gasteiger partial charge on any atom is 0.331 e. The third-order valence-electron chi connectivity index (χ3n) is 3.33. The summed E-state index contributed by atoms with van der Waals surface area (Å²) in [4.78, 5) is 15.9. The monoisotopic (exact) mass is 320 g/mol. The summed E-state index contributed by atoms with van der Waals surface area (Å²) in [5.74, 6) is 0.266. The number of ether oxygens (including phenoxy) is 1. The van der Waals surface area contributed by atoms with E-state index in [-0.39, 0.29) is 12.5 Å². The molecule has 2 aromatic carbocycles. The van der Waals surface area contributed by atoms with Crippen molar-refractivity contribution in [2.45, 2.75) is 13.5 Å². The van der Waals surface area contributed by atoms with Crippen LogP contribution in [0.3, 0.4) is 0 Å². The molecule has 3 aromatic rings. The van der Waals surface area contributed by atoms with Crippen LogP contribution in [0.1, 0.15) is 17.0 Å². The molecule has 0 atom stereocenters. The van der Waals surface area contributed by atoms with Crippen LogP contribution in [0.5, 0.6) is 0 Å². The van der Waals surface area contributed by atoms with Gasteiger partial charge in [-0.15, -0.1) is 0 Å². The van der Waals surface area contributed by atoms with Crippen molar-refractivity contribution in [2.24, 2.45) is 0 Å². The van der Waals surface area contributed by atoms with Gasteiger partial charge in [0.1, 0.15) is 0 Å². The molecule has 0 saturated carbocycles. The Hall–Kier alpha value is -3.21. The Morgan fingerprint density at radius 2 is 1.88 bits per heavy atom. The van der Waals surface area contributed by atoms with E-state index in [1.165, 1.54) is 6.08 Å². The summed E-state index contributed by atoms with van der Waals surface area (Å²) in [5.41, 5.74) is 2.93. The number of hydrogen-bond donors (Lipinski definition) is 0. The van der Waals surface area contributed by atoms with Crippen LogP contribution in [0.25, 0.3) is 17.5 Å². The van der Waals surface area contributed by atoms with Gasteiger partial charge in [0.2, 0.25) is 5.82 Å². The normalized spacial score (nSPS) is 10.9. The lowest BCUT2D eigenvalue weighted by Gasteiger charge is -1.97. The second-order valence-electron chi connectivity index (χ2n) is 5.23. The molecule has 0 bridgehead atoms. The largest absolute Gasteiger partial charge is 0.452 e. The van der Waals surface area contributed by atoms with Crippen molar-refractivity contribution >= 4 is 12.0 Å². The summed E-state index contributed by atoms with van der Waals surface area (Å²) in [6, 6.07) is 17.3. The molecule has 0 aliphatic carbocycles. The Kier molecular flexibility index (Phi) is 4.81. The molecule has 0 N–H and O–H groups in total. The fourth-order valence-electron chi connectivity index (χ4n) is 2.04. The smallest absolute Gasteiger partial charge is 0.331 e. The number of aryl methyl sites for hydroxylation is 1. The van der Waals surface area contributed by atoms with E-state index in [4.69, 9.17) is 9.26 Å². The van der Waals surface area contributed by atoms with Gasteiger partial charge in [-0.3, -0.25) is 0 Å². The van der Waals surface area contributed by atoms with Crippen LogP contribution in [0.4, 0.5) is 0 Å². The maximum atomic E-state index is 11.7. The Morgan fingerprint density at radius 1 is 1.12 bits per heavy atom. The number of carbonyl (C=O) groups excluding carboxylic acids is 1. The molecular weight excluding hydrogens is 304 g/mol. The third-order valence-corrected chi connectivity index (χ3v) is 3.33. The van der Waals surface area contributed by atoms with Gasteiger partial charge in [0.05, 0.1) is 0 Å². The van der Waals surface area contributed by atoms with E-state index in [0.717, 1.165) is 16.7 Å². The lowest BCUT2D eigenvalue weighted by Crippen LogP contribution is -2.00. The lowest BCUT2D eigenvalue weighted by atomic mass is 10.1. The number of benzene rings is 2. The number of hydrogen-bond acceptors (Lipinski definition) is 5. The number of esters is 1. The highest BCUT2D eigenvalue weighted by atomic mass is 16.6. The summed E-state index contributed by atoms with van der Waals surface area (Å²) in [6.45, 7) is 1.95. The minimum Gasteiger partial charge on any atom is -0.452 e. The van der Waals surface area contributed by atoms with Crippen molar-refractivity contribution in [1.29, 1.82) is 0 Å². The van der Waals surface area contributed by atoms with Crippen LogP contribution in [-0.2, 0) is 16.1 Å². The molecule has 0 aliphatic rings. The van der Waals surface area contributed by atoms with E-state index in [1.54, 1.807) is 6.08 Å². The predicted molar refractivity (Wildman–Crippen MR) is 89.7 cm³/mol. The fraction of sp³-hybridized carbons (Fsp3) is 0.105. The molecule has 1 heterocycles. The van der Waals surface area contributed by atoms with Crippen LogP contribution in [0.15, 0.2) is 65.2 Å². The standard InChI is InChI=1S/C19H16N2O3/c1-14-7-10-16(11-8-14)19-20-17(24-21-19)13-23-18(22)12-9-15-5-3-2-4-6-15/h2-12H,13H2,1H3/b12-9+. The fourth-order valence-corrected chi connectivity index (χ4v) is 2.04. The highest BCUT2D eigenvalue weighted by Crippen LogP contribution is 2.16. The van der Waals surface area contributed by atoms with Crippen LogP contribution in [-0.4, -0.2) is 16.1 Å². The molecule has 0 aliphatic heterocycles. The topological polar surface area (TPSA) is 65.2 Å². The van der Waals surface area contributed by atoms with Gasteiger partial charge in [0.25, 0.3) is 5.89 Å². The Balaban J connectivity index is 1.56. The SMILES string of the molecule is Cc1ccc(-c2noc(COC(=O)/C=C/c3ccccc3)n2)cc1. The Bertz CT molecular complexity index is 837. The molecular formula is C19H16N2O3. The number of aromatic nitrogens is 2. The van der Waals surface area contributed by atoms with Gasteiger partial charge in [-0.25, -0.2) is 4.79 Å². The van der Waals surface area contributed by atoms with E-state index in [9.17, 15) is 4.79 Å². The van der Waals surface area contributed by atoms with Crippen molar-refractivity contribution in [3.63, 3.8) is 0 Å². The molecule has 24 heavy (non-hydrogen) atoms. The highest BCUT2D eigenvalue weighted by Gasteiger charge is 2.10. The van der Waals surface area contributed by atoms with Crippen LogP contribution >= 0.6 is 0 Å². The molecule has 0 radical (unpaired) electrons. The van der Waals surface area contributed by atoms with E-state index >= 15 is 0 Å². The number of carbonyl (C=O) groups is 1. The first kappa shape index (κ1) is 15.7. The molecule has 3 rings (SSSR count). The highest BCUT2D eigenvalue weighted by molar-refractivity contribution is 5.86. The Morgan fingerprint density at radius 3 is 2.62 bits per heavy atom. The number of nitrogens with zero attached hydrogens (tertiary/aromatic N) is 2. The van der Waals surface area contributed by atoms with Crippen molar-refractivity contribution < 1.29 is 14.1 Å². The summed E-state index contributed by atoms with van der Waals surface area (Å²) in [5, 5.41) is 3.89. The predicted octanol–water partition coefficient (Wildman–Crippen LogP) is 3.80. The van der Waals surface area contributed by atoms with Crippen LogP contribution in [0, 0.1) is 6.92 Å². The average Bonchev–Trinajstić information content (AvgIpc) is 3.09. The molecule has 0 spiro atoms. The summed E-state index contributed by atoms with van der Waals surface area (Å²) in [7, 11) is 0. The quantitative estimate of drug-likeness (QED) is 0.528. The molecule has 0 saturated heterocycles. The van der Waals surface area contributed by atoms with E-state index < -0.39 is 5.97 Å². The first-order valence-electron chi connectivity index (χ1n) is 7.50. The maximum absolute atomic E-state index is 11.7. The zero-order valence-electron chi connectivity index (χ0n) is 13.2. The van der Waals surface area contributed by atoms with Crippen LogP contribution < -0.4 is 0 Å². The van der Waals surface area contributed by atoms with Gasteiger partial charge in [-0.2, -0.15) is 4.98 Å². The third kappa shape index (κ3) is 4.16. The van der Waals surface area contributed by atoms with Gasteiger partial charge in [-0.1, -0.05) is 65.3 Å². The van der Waals surface area contributed by atoms with E-state index in [2.05, 4.69) is 10.1 Å². The Labute approximate surface area is 139 Å². The average molecular weight is 320 g/mol. The van der Waals surface area contributed by atoms with Crippen molar-refractivity contribution in [3.8, 4) is 11.4 Å². The van der Waals surface area contributed by atoms with E-state index in [0.29, 0.717) is 5.82 Å². The molecule has 1 aromatic heterocycles. The second-order valence-corrected chi connectivity index (χ2v) is 5.23. The minimum absolute atomic E-state index is 0.0587. The lowest BCUT2D eigenvalue weighted by molar-refractivity contribution is -0.139. The second kappa shape index (κ2) is 7.37. The van der Waals surface area contributed by atoms with Crippen LogP contribution in [0.2, 0.25) is 0 Å². The van der Waals surface area contributed by atoms with Gasteiger partial charge >= 0.3 is 5.97 Å². The summed E-state index contributed by atoms with van der Waals surface area (Å²) in [6.07, 6.45) is 3.06. The number of rotatable bonds is 5. The van der Waals surface area contributed by atoms with Gasteiger partial charge in [0, 0.05) is 11.6 Å². The van der Waals surface area contributed by atoms with Gasteiger partial charge in [-0.05, 0) is 18.6 Å². The minimum atomic E-state index is -0.464. The van der Waals surface area contributed by atoms with Gasteiger partial charge < -0.3 is 9.26 Å². The van der Waals surface area contributed by atoms with Crippen molar-refractivity contribution in [3.05, 3.63) is 77.7 Å². The summed E-state index contributed by atoms with van der Waals surface area (Å²) >= 11 is 0. The first-order chi connectivity index (χ1) is 11.7. The van der Waals surface area contributed by atoms with Gasteiger partial charge in [0.15, 0.2) is 6.61 Å². The molecule has 0 amide bonds. The molecule has 5 heteroatoms. The van der Waals surface area contributed by atoms with Crippen molar-refractivity contribution in [1.82, 2.24) is 10.1 Å². The first-order valence-corrected chi connectivity index (χ1v) is 7.50. The summed E-state index contributed by atoms with van der Waals surface area (Å²) < 4.78 is 10.2. The van der Waals surface area contributed by atoms with E-state index in [1.807, 2.05) is 61.5 Å². The zero-order valence-corrected chi connectivity index (χ0v) is 13.2. The molecule has 0 fully saturated rings. The molecule has 0 unspecified atom stereocenters.